The van der Waals surface area contributed by atoms with E-state index in [0.717, 1.165) is 6.07 Å². The van der Waals surface area contributed by atoms with Gasteiger partial charge in [0.2, 0.25) is 5.88 Å². The van der Waals surface area contributed by atoms with Gasteiger partial charge in [-0.15, -0.1) is 13.2 Å². The summed E-state index contributed by atoms with van der Waals surface area (Å²) in [6, 6.07) is 2.23. The van der Waals surface area contributed by atoms with Crippen molar-refractivity contribution in [3.8, 4) is 11.9 Å². The number of nitrogen functional groups attached to an aromatic ring is 1. The Kier molecular flexibility index (Phi) is 3.08. The SMILES string of the molecule is N#Cc1cc(N)c(C(N)=O)nc1OC(F)(F)F. The van der Waals surface area contributed by atoms with E-state index >= 15 is 0 Å². The third-order valence-corrected chi connectivity index (χ3v) is 1.58. The molecular formula is C8H5F3N4O2. The zero-order valence-electron chi connectivity index (χ0n) is 8.08. The van der Waals surface area contributed by atoms with Crippen LogP contribution >= 0.6 is 0 Å². The number of carbonyl (C=O) groups is 1. The number of aromatic nitrogens is 1. The van der Waals surface area contributed by atoms with Gasteiger partial charge < -0.3 is 16.2 Å². The lowest BCUT2D eigenvalue weighted by Gasteiger charge is -2.10. The molecule has 6 nitrogen and oxygen atoms in total. The highest BCUT2D eigenvalue weighted by Crippen LogP contribution is 2.26. The molecule has 1 amide bonds. The van der Waals surface area contributed by atoms with Crippen molar-refractivity contribution in [3.63, 3.8) is 0 Å². The van der Waals surface area contributed by atoms with Gasteiger partial charge in [0.05, 0.1) is 5.69 Å². The first-order chi connectivity index (χ1) is 7.74. The van der Waals surface area contributed by atoms with E-state index in [-0.39, 0.29) is 5.69 Å². The van der Waals surface area contributed by atoms with E-state index in [1.54, 1.807) is 0 Å². The van der Waals surface area contributed by atoms with E-state index in [2.05, 4.69) is 9.72 Å². The topological polar surface area (TPSA) is 115 Å². The number of hydrogen-bond acceptors (Lipinski definition) is 5. The van der Waals surface area contributed by atoms with Gasteiger partial charge in [-0.2, -0.15) is 5.26 Å². The molecular weight excluding hydrogens is 241 g/mol. The number of hydrogen-bond donors (Lipinski definition) is 2. The summed E-state index contributed by atoms with van der Waals surface area (Å²) in [6.07, 6.45) is -5.04. The minimum atomic E-state index is -5.04. The Hall–Kier alpha value is -2.50. The molecule has 0 unspecified atom stereocenters. The molecule has 0 aromatic carbocycles. The molecule has 0 atom stereocenters. The molecule has 90 valence electrons. The normalized spacial score (nSPS) is 10.7. The van der Waals surface area contributed by atoms with Crippen LogP contribution in [0.5, 0.6) is 5.88 Å². The van der Waals surface area contributed by atoms with Crippen LogP contribution in [0.3, 0.4) is 0 Å². The molecule has 4 N–H and O–H groups in total. The summed E-state index contributed by atoms with van der Waals surface area (Å²) in [6.45, 7) is 0. The molecule has 0 bridgehead atoms. The molecule has 1 heterocycles. The van der Waals surface area contributed by atoms with Crippen LogP contribution in [0.4, 0.5) is 18.9 Å². The smallest absolute Gasteiger partial charge is 0.397 e. The maximum Gasteiger partial charge on any atom is 0.574 e. The number of halogens is 3. The summed E-state index contributed by atoms with van der Waals surface area (Å²) < 4.78 is 39.4. The fourth-order valence-corrected chi connectivity index (χ4v) is 0.977. The van der Waals surface area contributed by atoms with Crippen LogP contribution in [-0.2, 0) is 0 Å². The van der Waals surface area contributed by atoms with Gasteiger partial charge in [0.15, 0.2) is 5.69 Å². The van der Waals surface area contributed by atoms with Gasteiger partial charge in [0, 0.05) is 0 Å². The van der Waals surface area contributed by atoms with Crippen molar-refractivity contribution in [2.45, 2.75) is 6.36 Å². The highest BCUT2D eigenvalue weighted by atomic mass is 19.4. The van der Waals surface area contributed by atoms with Crippen molar-refractivity contribution in [3.05, 3.63) is 17.3 Å². The van der Waals surface area contributed by atoms with Gasteiger partial charge in [-0.25, -0.2) is 4.98 Å². The molecule has 17 heavy (non-hydrogen) atoms. The highest BCUT2D eigenvalue weighted by Gasteiger charge is 2.33. The maximum absolute atomic E-state index is 12.0. The molecule has 0 spiro atoms. The predicted octanol–water partition coefficient (Wildman–Crippen LogP) is 0.533. The van der Waals surface area contributed by atoms with Crippen LogP contribution in [0.2, 0.25) is 0 Å². The number of nitrogens with zero attached hydrogens (tertiary/aromatic N) is 2. The van der Waals surface area contributed by atoms with Crippen LogP contribution < -0.4 is 16.2 Å². The van der Waals surface area contributed by atoms with Crippen LogP contribution in [0.25, 0.3) is 0 Å². The Balaban J connectivity index is 3.33. The number of anilines is 1. The summed E-state index contributed by atoms with van der Waals surface area (Å²) in [7, 11) is 0. The molecule has 0 aliphatic carbocycles. The standard InChI is InChI=1S/C8H5F3N4O2/c9-8(10,11)17-7-3(2-12)1-4(13)5(15-7)6(14)16/h1H,13H2,(H2,14,16). The molecule has 1 rings (SSSR count). The van der Waals surface area contributed by atoms with E-state index < -0.39 is 29.4 Å². The monoisotopic (exact) mass is 246 g/mol. The molecule has 0 saturated carbocycles. The van der Waals surface area contributed by atoms with Crippen LogP contribution in [0.15, 0.2) is 6.07 Å². The molecule has 0 radical (unpaired) electrons. The molecule has 0 aliphatic rings. The first kappa shape index (κ1) is 12.6. The summed E-state index contributed by atoms with van der Waals surface area (Å²) in [4.78, 5) is 14.0. The average molecular weight is 246 g/mol. The van der Waals surface area contributed by atoms with Crippen LogP contribution in [0.1, 0.15) is 16.1 Å². The molecule has 0 aliphatic heterocycles. The number of nitrogens with two attached hydrogens (primary N) is 2. The Labute approximate surface area is 92.6 Å². The molecule has 9 heteroatoms. The molecule has 0 saturated heterocycles. The van der Waals surface area contributed by atoms with Crippen molar-refractivity contribution in [1.82, 2.24) is 4.98 Å². The van der Waals surface area contributed by atoms with Gasteiger partial charge in [-0.05, 0) is 6.07 Å². The molecule has 1 aromatic heterocycles. The second kappa shape index (κ2) is 4.17. The fourth-order valence-electron chi connectivity index (χ4n) is 0.977. The summed E-state index contributed by atoms with van der Waals surface area (Å²) in [5.74, 6) is -2.19. The third kappa shape index (κ3) is 2.97. The van der Waals surface area contributed by atoms with E-state index in [9.17, 15) is 18.0 Å². The molecule has 1 aromatic rings. The minimum absolute atomic E-state index is 0.302. The van der Waals surface area contributed by atoms with Crippen molar-refractivity contribution in [1.29, 1.82) is 5.26 Å². The van der Waals surface area contributed by atoms with Gasteiger partial charge in [0.1, 0.15) is 11.6 Å². The van der Waals surface area contributed by atoms with E-state index in [1.165, 1.54) is 6.07 Å². The van der Waals surface area contributed by atoms with E-state index in [0.29, 0.717) is 0 Å². The van der Waals surface area contributed by atoms with Crippen LogP contribution in [0, 0.1) is 11.3 Å². The van der Waals surface area contributed by atoms with Gasteiger partial charge in [-0.1, -0.05) is 0 Å². The lowest BCUT2D eigenvalue weighted by Crippen LogP contribution is -2.21. The second-order valence-electron chi connectivity index (χ2n) is 2.80. The van der Waals surface area contributed by atoms with E-state index in [1.807, 2.05) is 0 Å². The number of carbonyl (C=O) groups excluding carboxylic acids is 1. The van der Waals surface area contributed by atoms with E-state index in [4.69, 9.17) is 16.7 Å². The highest BCUT2D eigenvalue weighted by molar-refractivity contribution is 5.96. The number of rotatable bonds is 2. The number of pyridine rings is 1. The maximum atomic E-state index is 12.0. The first-order valence-corrected chi connectivity index (χ1v) is 4.00. The van der Waals surface area contributed by atoms with Gasteiger partial charge >= 0.3 is 6.36 Å². The van der Waals surface area contributed by atoms with Crippen LogP contribution in [-0.4, -0.2) is 17.3 Å². The van der Waals surface area contributed by atoms with Crippen molar-refractivity contribution < 1.29 is 22.7 Å². The number of nitriles is 1. The number of ether oxygens (including phenoxy) is 1. The lowest BCUT2D eigenvalue weighted by molar-refractivity contribution is -0.276. The average Bonchev–Trinajstić information content (AvgIpc) is 2.17. The largest absolute Gasteiger partial charge is 0.574 e. The predicted molar refractivity (Wildman–Crippen MR) is 48.6 cm³/mol. The number of primary amides is 1. The lowest BCUT2D eigenvalue weighted by atomic mass is 10.2. The number of amides is 1. The zero-order chi connectivity index (χ0) is 13.2. The second-order valence-corrected chi connectivity index (χ2v) is 2.80. The van der Waals surface area contributed by atoms with Crippen molar-refractivity contribution in [2.75, 3.05) is 5.73 Å². The Morgan fingerprint density at radius 3 is 2.53 bits per heavy atom. The summed E-state index contributed by atoms with van der Waals surface area (Å²) >= 11 is 0. The van der Waals surface area contributed by atoms with Gasteiger partial charge in [0.25, 0.3) is 5.91 Å². The van der Waals surface area contributed by atoms with Crippen molar-refractivity contribution in [2.24, 2.45) is 5.73 Å². The Morgan fingerprint density at radius 2 is 2.12 bits per heavy atom. The molecule has 0 fully saturated rings. The number of alkyl halides is 3. The first-order valence-electron chi connectivity index (χ1n) is 4.00. The third-order valence-electron chi connectivity index (χ3n) is 1.58. The van der Waals surface area contributed by atoms with Gasteiger partial charge in [-0.3, -0.25) is 4.79 Å². The Morgan fingerprint density at radius 1 is 1.53 bits per heavy atom. The van der Waals surface area contributed by atoms with Crippen molar-refractivity contribution >= 4 is 11.6 Å². The quantitative estimate of drug-likeness (QED) is 0.789. The summed E-state index contributed by atoms with van der Waals surface area (Å²) in [5, 5.41) is 8.56. The Bertz CT molecular complexity index is 507. The summed E-state index contributed by atoms with van der Waals surface area (Å²) in [5.41, 5.74) is 8.67. The minimum Gasteiger partial charge on any atom is -0.397 e. The fraction of sp³-hybridized carbons (Fsp3) is 0.125. The zero-order valence-corrected chi connectivity index (χ0v) is 8.08.